The van der Waals surface area contributed by atoms with Gasteiger partial charge >= 0.3 is 11.9 Å². The zero-order valence-corrected chi connectivity index (χ0v) is 15.5. The number of aldehydes is 1. The number of cyclic esters (lactones) is 1. The number of hydrogen-bond acceptors (Lipinski definition) is 5. The van der Waals surface area contributed by atoms with Gasteiger partial charge in [0.2, 0.25) is 0 Å². The third-order valence-corrected chi connectivity index (χ3v) is 7.06. The Labute approximate surface area is 158 Å². The fourth-order valence-electron chi connectivity index (χ4n) is 5.81. The Hall–Kier alpha value is -2.21. The summed E-state index contributed by atoms with van der Waals surface area (Å²) in [6.45, 7) is 2.99. The van der Waals surface area contributed by atoms with E-state index in [1.165, 1.54) is 0 Å². The highest BCUT2D eigenvalue weighted by molar-refractivity contribution is 5.90. The number of carbonyl (C=O) groups excluding carboxylic acids is 2. The summed E-state index contributed by atoms with van der Waals surface area (Å²) in [5, 5.41) is 10.2. The molecule has 6 heteroatoms. The quantitative estimate of drug-likeness (QED) is 0.631. The molecule has 0 spiro atoms. The van der Waals surface area contributed by atoms with Crippen molar-refractivity contribution in [3.05, 3.63) is 35.9 Å². The number of carboxylic acid groups (broad SMARTS) is 1. The van der Waals surface area contributed by atoms with Gasteiger partial charge in [-0.15, -0.1) is 0 Å². The van der Waals surface area contributed by atoms with Crippen molar-refractivity contribution in [1.82, 2.24) is 4.90 Å². The summed E-state index contributed by atoms with van der Waals surface area (Å²) in [7, 11) is 0. The van der Waals surface area contributed by atoms with E-state index in [9.17, 15) is 19.5 Å². The van der Waals surface area contributed by atoms with E-state index in [2.05, 4.69) is 0 Å². The fraction of sp³-hybridized carbons (Fsp3) is 0.571. The van der Waals surface area contributed by atoms with Crippen molar-refractivity contribution in [3.63, 3.8) is 0 Å². The molecule has 3 aliphatic rings. The molecular weight excluding hydrogens is 346 g/mol. The summed E-state index contributed by atoms with van der Waals surface area (Å²) in [6.07, 6.45) is 2.25. The van der Waals surface area contributed by atoms with Crippen LogP contribution >= 0.6 is 0 Å². The molecule has 0 aromatic heterocycles. The number of likely N-dealkylation sites (tertiary alicyclic amines) is 1. The van der Waals surface area contributed by atoms with Crippen LogP contribution < -0.4 is 0 Å². The largest absolute Gasteiger partial charge is 0.481 e. The molecule has 2 aliphatic heterocycles. The van der Waals surface area contributed by atoms with Gasteiger partial charge in [0, 0.05) is 13.0 Å². The van der Waals surface area contributed by atoms with E-state index in [1.807, 2.05) is 42.2 Å². The molecule has 1 N–H and O–H groups in total. The van der Waals surface area contributed by atoms with Crippen LogP contribution in [0.25, 0.3) is 0 Å². The highest BCUT2D eigenvalue weighted by Gasteiger charge is 2.82. The minimum Gasteiger partial charge on any atom is -0.481 e. The molecule has 1 aliphatic carbocycles. The first kappa shape index (κ1) is 18.2. The second-order valence-electron chi connectivity index (χ2n) is 8.08. The number of fused-ring (bicyclic) bond motifs is 1. The van der Waals surface area contributed by atoms with E-state index in [4.69, 9.17) is 4.74 Å². The molecule has 1 aromatic rings. The molecule has 5 atom stereocenters. The van der Waals surface area contributed by atoms with Gasteiger partial charge in [-0.3, -0.25) is 14.5 Å². The lowest BCUT2D eigenvalue weighted by molar-refractivity contribution is -0.187. The lowest BCUT2D eigenvalue weighted by atomic mass is 9.69. The van der Waals surface area contributed by atoms with Crippen LogP contribution in [0.1, 0.15) is 38.2 Å². The third kappa shape index (κ3) is 2.39. The van der Waals surface area contributed by atoms with Gasteiger partial charge in [-0.2, -0.15) is 0 Å². The first-order valence-electron chi connectivity index (χ1n) is 9.66. The molecule has 1 aromatic carbocycles. The normalized spacial score (nSPS) is 38.6. The van der Waals surface area contributed by atoms with E-state index >= 15 is 0 Å². The molecule has 5 unspecified atom stereocenters. The molecule has 2 heterocycles. The van der Waals surface area contributed by atoms with Gasteiger partial charge in [-0.1, -0.05) is 37.3 Å². The number of esters is 1. The van der Waals surface area contributed by atoms with Gasteiger partial charge in [0.1, 0.15) is 23.3 Å². The van der Waals surface area contributed by atoms with E-state index in [0.717, 1.165) is 18.3 Å². The number of aliphatic carboxylic acids is 1. The van der Waals surface area contributed by atoms with Crippen molar-refractivity contribution < 1.29 is 24.2 Å². The molecule has 1 saturated carbocycles. The predicted octanol–water partition coefficient (Wildman–Crippen LogP) is 2.26. The van der Waals surface area contributed by atoms with Crippen LogP contribution in [0.3, 0.4) is 0 Å². The van der Waals surface area contributed by atoms with Gasteiger partial charge in [0.05, 0.1) is 0 Å². The zero-order chi connectivity index (χ0) is 19.2. The van der Waals surface area contributed by atoms with Gasteiger partial charge in [-0.05, 0) is 43.2 Å². The van der Waals surface area contributed by atoms with Crippen molar-refractivity contribution >= 4 is 18.2 Å². The average Bonchev–Trinajstić information content (AvgIpc) is 3.29. The molecule has 0 radical (unpaired) electrons. The Balaban J connectivity index is 1.81. The maximum absolute atomic E-state index is 12.7. The van der Waals surface area contributed by atoms with Crippen LogP contribution in [0.4, 0.5) is 0 Å². The summed E-state index contributed by atoms with van der Waals surface area (Å²) < 4.78 is 5.63. The van der Waals surface area contributed by atoms with Crippen LogP contribution in [0, 0.1) is 17.3 Å². The number of carbonyl (C=O) groups is 3. The maximum Gasteiger partial charge on any atom is 0.312 e. The van der Waals surface area contributed by atoms with Gasteiger partial charge in [0.15, 0.2) is 0 Å². The lowest BCUT2D eigenvalue weighted by Gasteiger charge is -2.52. The smallest absolute Gasteiger partial charge is 0.312 e. The van der Waals surface area contributed by atoms with E-state index in [0.29, 0.717) is 32.4 Å². The zero-order valence-electron chi connectivity index (χ0n) is 15.5. The Bertz CT molecular complexity index is 765. The maximum atomic E-state index is 12.7. The van der Waals surface area contributed by atoms with Crippen molar-refractivity contribution in [3.8, 4) is 0 Å². The van der Waals surface area contributed by atoms with Gasteiger partial charge < -0.3 is 14.6 Å². The molecule has 0 bridgehead atoms. The Morgan fingerprint density at radius 3 is 2.70 bits per heavy atom. The number of ether oxygens (including phenoxy) is 1. The standard InChI is InChI=1S/C21H25NO5/c1-14-16-10-11-22(12-15-6-3-2-4-7-15)20(13-23,21(14,16)19(25)26)17-8-5-9-18(24)27-17/h2-4,6-7,13-14,16-17H,5,8-12H2,1H3,(H,25,26). The van der Waals surface area contributed by atoms with Crippen LogP contribution in [-0.2, 0) is 25.7 Å². The summed E-state index contributed by atoms with van der Waals surface area (Å²) in [6, 6.07) is 9.72. The third-order valence-electron chi connectivity index (χ3n) is 7.06. The fourth-order valence-corrected chi connectivity index (χ4v) is 5.81. The lowest BCUT2D eigenvalue weighted by Crippen LogP contribution is -2.69. The van der Waals surface area contributed by atoms with Crippen LogP contribution in [0.2, 0.25) is 0 Å². The van der Waals surface area contributed by atoms with E-state index in [-0.39, 0.29) is 17.8 Å². The highest BCUT2D eigenvalue weighted by Crippen LogP contribution is 2.71. The number of rotatable bonds is 5. The van der Waals surface area contributed by atoms with Crippen molar-refractivity contribution in [2.45, 2.75) is 50.8 Å². The molecule has 144 valence electrons. The van der Waals surface area contributed by atoms with E-state index < -0.39 is 23.0 Å². The number of piperidine rings is 1. The summed E-state index contributed by atoms with van der Waals surface area (Å²) in [5.74, 6) is -1.48. The number of nitrogens with zero attached hydrogens (tertiary/aromatic N) is 1. The first-order chi connectivity index (χ1) is 13.0. The number of carboxylic acids is 1. The summed E-state index contributed by atoms with van der Waals surface area (Å²) in [5.41, 5.74) is -1.50. The van der Waals surface area contributed by atoms with Crippen LogP contribution in [-0.4, -0.2) is 46.4 Å². The van der Waals surface area contributed by atoms with Crippen molar-refractivity contribution in [1.29, 1.82) is 0 Å². The molecule has 6 nitrogen and oxygen atoms in total. The molecule has 4 rings (SSSR count). The highest BCUT2D eigenvalue weighted by atomic mass is 16.5. The second kappa shape index (κ2) is 6.44. The first-order valence-corrected chi connectivity index (χ1v) is 9.66. The number of benzene rings is 1. The minimum absolute atomic E-state index is 0.0622. The number of hydrogen-bond donors (Lipinski definition) is 1. The SMILES string of the molecule is CC1C2CCN(Cc3ccccc3)C(C=O)(C3CCCC(=O)O3)C12C(=O)O. The monoisotopic (exact) mass is 371 g/mol. The molecule has 27 heavy (non-hydrogen) atoms. The molecule has 0 amide bonds. The average molecular weight is 371 g/mol. The molecular formula is C21H25NO5. The van der Waals surface area contributed by atoms with Crippen molar-refractivity contribution in [2.24, 2.45) is 17.3 Å². The Morgan fingerprint density at radius 1 is 1.33 bits per heavy atom. The van der Waals surface area contributed by atoms with Crippen LogP contribution in [0.5, 0.6) is 0 Å². The minimum atomic E-state index is -1.33. The van der Waals surface area contributed by atoms with Gasteiger partial charge in [0.25, 0.3) is 0 Å². The van der Waals surface area contributed by atoms with E-state index in [1.54, 1.807) is 0 Å². The topological polar surface area (TPSA) is 83.9 Å². The Kier molecular flexibility index (Phi) is 4.34. The van der Waals surface area contributed by atoms with Gasteiger partial charge in [-0.25, -0.2) is 0 Å². The van der Waals surface area contributed by atoms with Crippen LogP contribution in [0.15, 0.2) is 30.3 Å². The summed E-state index contributed by atoms with van der Waals surface area (Å²) in [4.78, 5) is 39.2. The molecule has 2 saturated heterocycles. The predicted molar refractivity (Wildman–Crippen MR) is 96.7 cm³/mol. The molecule has 3 fully saturated rings. The summed E-state index contributed by atoms with van der Waals surface area (Å²) >= 11 is 0. The second-order valence-corrected chi connectivity index (χ2v) is 8.08. The van der Waals surface area contributed by atoms with Crippen molar-refractivity contribution in [2.75, 3.05) is 6.54 Å². The Morgan fingerprint density at radius 2 is 2.07 bits per heavy atom.